The van der Waals surface area contributed by atoms with Crippen LogP contribution >= 0.6 is 0 Å². The van der Waals surface area contributed by atoms with Gasteiger partial charge < -0.3 is 0 Å². The Labute approximate surface area is 115 Å². The zero-order chi connectivity index (χ0) is 13.1. The van der Waals surface area contributed by atoms with Gasteiger partial charge in [-0.2, -0.15) is 0 Å². The maximum atomic E-state index is 11.3. The Morgan fingerprint density at radius 3 is 2.74 bits per heavy atom. The van der Waals surface area contributed by atoms with E-state index in [9.17, 15) is 4.79 Å². The second-order valence-electron chi connectivity index (χ2n) is 5.59. The SMILES string of the molecule is O=CC1=C2CCCC[C@@H]2[C@H](c2ccccc2)C=CC1. The van der Waals surface area contributed by atoms with Crippen LogP contribution < -0.4 is 0 Å². The Morgan fingerprint density at radius 2 is 1.95 bits per heavy atom. The van der Waals surface area contributed by atoms with E-state index in [-0.39, 0.29) is 0 Å². The zero-order valence-electron chi connectivity index (χ0n) is 11.2. The Morgan fingerprint density at radius 1 is 1.11 bits per heavy atom. The van der Waals surface area contributed by atoms with Gasteiger partial charge in [-0.05, 0) is 42.7 Å². The normalized spacial score (nSPS) is 26.7. The van der Waals surface area contributed by atoms with E-state index >= 15 is 0 Å². The molecule has 0 heterocycles. The average Bonchev–Trinajstić information content (AvgIpc) is 2.67. The second kappa shape index (κ2) is 5.56. The molecule has 0 N–H and O–H groups in total. The topological polar surface area (TPSA) is 17.1 Å². The van der Waals surface area contributed by atoms with Gasteiger partial charge in [0.2, 0.25) is 0 Å². The van der Waals surface area contributed by atoms with Crippen LogP contribution in [0, 0.1) is 5.92 Å². The first-order valence-electron chi connectivity index (χ1n) is 7.29. The number of rotatable bonds is 2. The molecule has 1 nitrogen and oxygen atoms in total. The molecule has 1 heteroatoms. The molecule has 0 amide bonds. The van der Waals surface area contributed by atoms with Crippen molar-refractivity contribution in [3.05, 3.63) is 59.2 Å². The van der Waals surface area contributed by atoms with E-state index in [0.717, 1.165) is 24.7 Å². The minimum atomic E-state index is 0.453. The van der Waals surface area contributed by atoms with E-state index in [1.54, 1.807) is 0 Å². The number of carbonyl (C=O) groups excluding carboxylic acids is 1. The number of benzene rings is 1. The fourth-order valence-corrected chi connectivity index (χ4v) is 3.58. The van der Waals surface area contributed by atoms with Crippen molar-refractivity contribution in [3.63, 3.8) is 0 Å². The summed E-state index contributed by atoms with van der Waals surface area (Å²) >= 11 is 0. The van der Waals surface area contributed by atoms with Crippen LogP contribution in [0.1, 0.15) is 43.6 Å². The van der Waals surface area contributed by atoms with Gasteiger partial charge >= 0.3 is 0 Å². The van der Waals surface area contributed by atoms with Crippen LogP contribution in [-0.4, -0.2) is 6.29 Å². The molecule has 1 aromatic carbocycles. The summed E-state index contributed by atoms with van der Waals surface area (Å²) in [6, 6.07) is 10.7. The molecule has 1 fully saturated rings. The molecule has 0 radical (unpaired) electrons. The van der Waals surface area contributed by atoms with Gasteiger partial charge in [0.25, 0.3) is 0 Å². The molecule has 0 aliphatic heterocycles. The van der Waals surface area contributed by atoms with Gasteiger partial charge in [-0.25, -0.2) is 0 Å². The Bertz CT molecular complexity index is 510. The average molecular weight is 252 g/mol. The highest BCUT2D eigenvalue weighted by Crippen LogP contribution is 2.43. The van der Waals surface area contributed by atoms with E-state index in [1.807, 2.05) is 0 Å². The predicted octanol–water partition coefficient (Wildman–Crippen LogP) is 4.42. The van der Waals surface area contributed by atoms with Crippen LogP contribution in [0.2, 0.25) is 0 Å². The highest BCUT2D eigenvalue weighted by molar-refractivity contribution is 5.75. The highest BCUT2D eigenvalue weighted by Gasteiger charge is 2.30. The quantitative estimate of drug-likeness (QED) is 0.562. The summed E-state index contributed by atoms with van der Waals surface area (Å²) in [6.07, 6.45) is 11.3. The smallest absolute Gasteiger partial charge is 0.146 e. The van der Waals surface area contributed by atoms with Gasteiger partial charge in [-0.3, -0.25) is 4.79 Å². The number of hydrogen-bond donors (Lipinski definition) is 0. The summed E-state index contributed by atoms with van der Waals surface area (Å²) < 4.78 is 0. The monoisotopic (exact) mass is 252 g/mol. The first kappa shape index (κ1) is 12.4. The molecule has 0 unspecified atom stereocenters. The molecule has 2 aliphatic carbocycles. The lowest BCUT2D eigenvalue weighted by Gasteiger charge is -2.31. The van der Waals surface area contributed by atoms with Crippen molar-refractivity contribution in [3.8, 4) is 0 Å². The van der Waals surface area contributed by atoms with Crippen molar-refractivity contribution >= 4 is 6.29 Å². The maximum Gasteiger partial charge on any atom is 0.146 e. The molecule has 1 saturated carbocycles. The van der Waals surface area contributed by atoms with Crippen molar-refractivity contribution < 1.29 is 4.79 Å². The van der Waals surface area contributed by atoms with Crippen LogP contribution in [0.4, 0.5) is 0 Å². The molecular weight excluding hydrogens is 232 g/mol. The van der Waals surface area contributed by atoms with Crippen molar-refractivity contribution in [1.29, 1.82) is 0 Å². The summed E-state index contributed by atoms with van der Waals surface area (Å²) in [5.41, 5.74) is 3.86. The summed E-state index contributed by atoms with van der Waals surface area (Å²) in [5.74, 6) is 0.990. The Hall–Kier alpha value is -1.63. The first-order chi connectivity index (χ1) is 9.40. The van der Waals surface area contributed by atoms with Crippen LogP contribution in [-0.2, 0) is 4.79 Å². The molecule has 98 valence electrons. The number of aldehydes is 1. The maximum absolute atomic E-state index is 11.3. The van der Waals surface area contributed by atoms with Gasteiger partial charge in [-0.15, -0.1) is 0 Å². The fraction of sp³-hybridized carbons (Fsp3) is 0.389. The summed E-state index contributed by atoms with van der Waals surface area (Å²) in [6.45, 7) is 0. The van der Waals surface area contributed by atoms with Crippen molar-refractivity contribution in [1.82, 2.24) is 0 Å². The zero-order valence-corrected chi connectivity index (χ0v) is 11.2. The van der Waals surface area contributed by atoms with Crippen LogP contribution in [0.3, 0.4) is 0 Å². The standard InChI is InChI=1S/C18H20O/c19-13-15-9-6-12-16(14-7-2-1-3-8-14)18-11-5-4-10-17(15)18/h1-3,6-8,12-13,16,18H,4-5,9-11H2/t16-,18+/m0/s1. The van der Waals surface area contributed by atoms with Gasteiger partial charge in [0.1, 0.15) is 6.29 Å². The van der Waals surface area contributed by atoms with Crippen molar-refractivity contribution in [2.75, 3.05) is 0 Å². The molecule has 3 rings (SSSR count). The minimum Gasteiger partial charge on any atom is -0.298 e. The third kappa shape index (κ3) is 2.42. The fourth-order valence-electron chi connectivity index (χ4n) is 3.58. The van der Waals surface area contributed by atoms with Crippen LogP contribution in [0.25, 0.3) is 0 Å². The molecule has 19 heavy (non-hydrogen) atoms. The van der Waals surface area contributed by atoms with Gasteiger partial charge in [0.15, 0.2) is 0 Å². The molecule has 0 spiro atoms. The third-order valence-corrected chi connectivity index (χ3v) is 4.51. The van der Waals surface area contributed by atoms with E-state index in [0.29, 0.717) is 11.8 Å². The lowest BCUT2D eigenvalue weighted by molar-refractivity contribution is -0.105. The molecule has 0 bridgehead atoms. The number of carbonyl (C=O) groups is 1. The van der Waals surface area contributed by atoms with Gasteiger partial charge in [-0.1, -0.05) is 54.5 Å². The van der Waals surface area contributed by atoms with Crippen LogP contribution in [0.15, 0.2) is 53.6 Å². The molecular formula is C18H20O. The molecule has 2 aliphatic rings. The lowest BCUT2D eigenvalue weighted by Crippen LogP contribution is -2.18. The van der Waals surface area contributed by atoms with E-state index in [4.69, 9.17) is 0 Å². The lowest BCUT2D eigenvalue weighted by atomic mass is 9.73. The summed E-state index contributed by atoms with van der Waals surface area (Å²) in [7, 11) is 0. The van der Waals surface area contributed by atoms with Gasteiger partial charge in [0.05, 0.1) is 0 Å². The van der Waals surface area contributed by atoms with Gasteiger partial charge in [0, 0.05) is 5.92 Å². The number of allylic oxidation sites excluding steroid dienone is 4. The summed E-state index contributed by atoms with van der Waals surface area (Å²) in [5, 5.41) is 0. The number of hydrogen-bond acceptors (Lipinski definition) is 1. The molecule has 0 saturated heterocycles. The predicted molar refractivity (Wildman–Crippen MR) is 78.0 cm³/mol. The molecule has 0 aromatic heterocycles. The minimum absolute atomic E-state index is 0.453. The van der Waals surface area contributed by atoms with Crippen molar-refractivity contribution in [2.45, 2.75) is 38.0 Å². The number of fused-ring (bicyclic) bond motifs is 1. The van der Waals surface area contributed by atoms with Crippen molar-refractivity contribution in [2.24, 2.45) is 5.92 Å². The summed E-state index contributed by atoms with van der Waals surface area (Å²) in [4.78, 5) is 11.3. The Balaban J connectivity index is 2.02. The molecule has 1 aromatic rings. The van der Waals surface area contributed by atoms with Crippen LogP contribution in [0.5, 0.6) is 0 Å². The van der Waals surface area contributed by atoms with E-state index in [1.165, 1.54) is 30.4 Å². The van der Waals surface area contributed by atoms with E-state index in [2.05, 4.69) is 42.5 Å². The third-order valence-electron chi connectivity index (χ3n) is 4.51. The van der Waals surface area contributed by atoms with E-state index < -0.39 is 0 Å². The Kier molecular flexibility index (Phi) is 3.63. The highest BCUT2D eigenvalue weighted by atomic mass is 16.1. The molecule has 2 atom stereocenters. The second-order valence-corrected chi connectivity index (χ2v) is 5.59. The largest absolute Gasteiger partial charge is 0.298 e. The first-order valence-corrected chi connectivity index (χ1v) is 7.29.